The second kappa shape index (κ2) is 6.22. The lowest BCUT2D eigenvalue weighted by atomic mass is 9.87. The molecule has 22 heavy (non-hydrogen) atoms. The zero-order valence-electron chi connectivity index (χ0n) is 13.8. The summed E-state index contributed by atoms with van der Waals surface area (Å²) >= 11 is 0. The number of amides is 1. The van der Waals surface area contributed by atoms with Crippen molar-refractivity contribution in [2.75, 3.05) is 11.9 Å². The van der Waals surface area contributed by atoms with Crippen LogP contribution in [0.3, 0.4) is 0 Å². The van der Waals surface area contributed by atoms with Crippen molar-refractivity contribution in [3.05, 3.63) is 41.2 Å². The Balaban J connectivity index is 1.91. The number of nitrogens with zero attached hydrogens (tertiary/aromatic N) is 1. The van der Waals surface area contributed by atoms with E-state index in [1.807, 2.05) is 38.1 Å². The van der Waals surface area contributed by atoms with E-state index in [2.05, 4.69) is 36.3 Å². The molecule has 0 aliphatic heterocycles. The summed E-state index contributed by atoms with van der Waals surface area (Å²) in [5.74, 6) is 0.483. The topological polar surface area (TPSA) is 67.0 Å². The molecular weight excluding hydrogens is 278 g/mol. The Labute approximate surface area is 131 Å². The van der Waals surface area contributed by atoms with Crippen molar-refractivity contribution >= 4 is 11.6 Å². The molecule has 0 radical (unpaired) electrons. The summed E-state index contributed by atoms with van der Waals surface area (Å²) in [6.45, 7) is 10.1. The van der Waals surface area contributed by atoms with Crippen molar-refractivity contribution in [3.63, 3.8) is 0 Å². The Bertz CT molecular complexity index is 632. The number of anilines is 1. The maximum atomic E-state index is 11.9. The normalized spacial score (nSPS) is 11.3. The highest BCUT2D eigenvalue weighted by Gasteiger charge is 2.14. The van der Waals surface area contributed by atoms with Gasteiger partial charge in [-0.15, -0.1) is 0 Å². The Hall–Kier alpha value is -2.30. The molecule has 0 aliphatic rings. The lowest BCUT2D eigenvalue weighted by Gasteiger charge is -2.19. The number of rotatable bonds is 4. The number of ether oxygens (including phenoxy) is 1. The van der Waals surface area contributed by atoms with Crippen molar-refractivity contribution in [2.45, 2.75) is 40.0 Å². The first-order valence-electron chi connectivity index (χ1n) is 7.32. The van der Waals surface area contributed by atoms with E-state index in [4.69, 9.17) is 4.74 Å². The minimum absolute atomic E-state index is 0.0288. The van der Waals surface area contributed by atoms with Gasteiger partial charge in [0.25, 0.3) is 5.91 Å². The molecule has 1 amide bonds. The summed E-state index contributed by atoms with van der Waals surface area (Å²) in [7, 11) is 0. The quantitative estimate of drug-likeness (QED) is 0.910. The van der Waals surface area contributed by atoms with Crippen LogP contribution in [0.5, 0.6) is 5.75 Å². The maximum absolute atomic E-state index is 11.9. The van der Waals surface area contributed by atoms with Crippen LogP contribution in [0.25, 0.3) is 0 Å². The second-order valence-electron chi connectivity index (χ2n) is 6.42. The fraction of sp³-hybridized carbons (Fsp3) is 0.412. The monoisotopic (exact) mass is 301 g/mol. The van der Waals surface area contributed by atoms with Crippen molar-refractivity contribution in [3.8, 4) is 5.75 Å². The highest BCUT2D eigenvalue weighted by atomic mass is 16.5. The molecule has 1 aromatic carbocycles. The van der Waals surface area contributed by atoms with Gasteiger partial charge in [-0.25, -0.2) is 0 Å². The Kier molecular flexibility index (Phi) is 4.54. The smallest absolute Gasteiger partial charge is 0.262 e. The molecule has 0 saturated carbocycles. The number of benzene rings is 1. The SMILES string of the molecule is Cc1n[nH]c(C)c1NC(=O)COc1ccc(C(C)(C)C)cc1. The van der Waals surface area contributed by atoms with Crippen LogP contribution in [0, 0.1) is 13.8 Å². The fourth-order valence-corrected chi connectivity index (χ4v) is 2.11. The van der Waals surface area contributed by atoms with Gasteiger partial charge in [0, 0.05) is 0 Å². The standard InChI is InChI=1S/C17H23N3O2/c1-11-16(12(2)20-19-11)18-15(21)10-22-14-8-6-13(7-9-14)17(3,4)5/h6-9H,10H2,1-5H3,(H,18,21)(H,19,20). The van der Waals surface area contributed by atoms with E-state index in [1.54, 1.807) is 0 Å². The average Bonchev–Trinajstić information content (AvgIpc) is 2.76. The third-order valence-corrected chi connectivity index (χ3v) is 3.48. The van der Waals surface area contributed by atoms with Crippen molar-refractivity contribution in [1.82, 2.24) is 10.2 Å². The zero-order chi connectivity index (χ0) is 16.3. The van der Waals surface area contributed by atoms with Gasteiger partial charge in [0.05, 0.1) is 17.1 Å². The van der Waals surface area contributed by atoms with Gasteiger partial charge in [0.15, 0.2) is 6.61 Å². The molecular formula is C17H23N3O2. The van der Waals surface area contributed by atoms with E-state index < -0.39 is 0 Å². The molecule has 0 bridgehead atoms. The molecule has 5 nitrogen and oxygen atoms in total. The van der Waals surface area contributed by atoms with E-state index in [0.29, 0.717) is 5.75 Å². The highest BCUT2D eigenvalue weighted by Crippen LogP contribution is 2.24. The van der Waals surface area contributed by atoms with E-state index in [0.717, 1.165) is 17.1 Å². The number of nitrogens with one attached hydrogen (secondary N) is 2. The maximum Gasteiger partial charge on any atom is 0.262 e. The first-order valence-corrected chi connectivity index (χ1v) is 7.32. The second-order valence-corrected chi connectivity index (χ2v) is 6.42. The van der Waals surface area contributed by atoms with Gasteiger partial charge < -0.3 is 10.1 Å². The molecule has 0 saturated heterocycles. The van der Waals surface area contributed by atoms with Crippen LogP contribution in [0.4, 0.5) is 5.69 Å². The van der Waals surface area contributed by atoms with Crippen LogP contribution >= 0.6 is 0 Å². The lowest BCUT2D eigenvalue weighted by molar-refractivity contribution is -0.118. The van der Waals surface area contributed by atoms with E-state index in [1.165, 1.54) is 5.56 Å². The van der Waals surface area contributed by atoms with E-state index in [9.17, 15) is 4.79 Å². The van der Waals surface area contributed by atoms with Gasteiger partial charge in [0.2, 0.25) is 0 Å². The molecule has 0 spiro atoms. The molecule has 1 heterocycles. The van der Waals surface area contributed by atoms with Gasteiger partial charge >= 0.3 is 0 Å². The van der Waals surface area contributed by atoms with E-state index in [-0.39, 0.29) is 17.9 Å². The number of carbonyl (C=O) groups is 1. The molecule has 0 fully saturated rings. The molecule has 1 aromatic heterocycles. The van der Waals surface area contributed by atoms with Crippen LogP contribution in [0.15, 0.2) is 24.3 Å². The molecule has 118 valence electrons. The van der Waals surface area contributed by atoms with Crippen LogP contribution in [-0.4, -0.2) is 22.7 Å². The van der Waals surface area contributed by atoms with Crippen molar-refractivity contribution < 1.29 is 9.53 Å². The number of hydrogen-bond acceptors (Lipinski definition) is 3. The fourth-order valence-electron chi connectivity index (χ4n) is 2.11. The minimum atomic E-state index is -0.201. The Morgan fingerprint density at radius 2 is 1.86 bits per heavy atom. The van der Waals surface area contributed by atoms with Gasteiger partial charge in [0.1, 0.15) is 5.75 Å². The molecule has 5 heteroatoms. The predicted octanol–water partition coefficient (Wildman–Crippen LogP) is 3.34. The first kappa shape index (κ1) is 16.1. The number of hydrogen-bond donors (Lipinski definition) is 2. The zero-order valence-corrected chi connectivity index (χ0v) is 13.8. The molecule has 0 atom stereocenters. The lowest BCUT2D eigenvalue weighted by Crippen LogP contribution is -2.20. The summed E-state index contributed by atoms with van der Waals surface area (Å²) in [4.78, 5) is 11.9. The van der Waals surface area contributed by atoms with Crippen LogP contribution in [0.1, 0.15) is 37.7 Å². The molecule has 2 aromatic rings. The number of carbonyl (C=O) groups excluding carboxylic acids is 1. The first-order chi connectivity index (χ1) is 10.3. The molecule has 2 rings (SSSR count). The minimum Gasteiger partial charge on any atom is -0.484 e. The Morgan fingerprint density at radius 1 is 1.23 bits per heavy atom. The summed E-state index contributed by atoms with van der Waals surface area (Å²) in [6, 6.07) is 7.83. The van der Waals surface area contributed by atoms with Gasteiger partial charge in [-0.1, -0.05) is 32.9 Å². The summed E-state index contributed by atoms with van der Waals surface area (Å²) in [5, 5.41) is 9.68. The summed E-state index contributed by atoms with van der Waals surface area (Å²) in [5.41, 5.74) is 3.65. The Morgan fingerprint density at radius 3 is 2.36 bits per heavy atom. The molecule has 2 N–H and O–H groups in total. The van der Waals surface area contributed by atoms with Crippen molar-refractivity contribution in [1.29, 1.82) is 0 Å². The third kappa shape index (κ3) is 3.87. The van der Waals surface area contributed by atoms with Crippen LogP contribution < -0.4 is 10.1 Å². The highest BCUT2D eigenvalue weighted by molar-refractivity contribution is 5.92. The summed E-state index contributed by atoms with van der Waals surface area (Å²) < 4.78 is 5.52. The van der Waals surface area contributed by atoms with Crippen LogP contribution in [0.2, 0.25) is 0 Å². The number of H-pyrrole nitrogens is 1. The largest absolute Gasteiger partial charge is 0.484 e. The predicted molar refractivity (Wildman–Crippen MR) is 87.3 cm³/mol. The average molecular weight is 301 g/mol. The summed E-state index contributed by atoms with van der Waals surface area (Å²) in [6.07, 6.45) is 0. The number of aromatic nitrogens is 2. The molecule has 0 aliphatic carbocycles. The van der Waals surface area contributed by atoms with Crippen LogP contribution in [-0.2, 0) is 10.2 Å². The molecule has 0 unspecified atom stereocenters. The number of aromatic amines is 1. The van der Waals surface area contributed by atoms with E-state index >= 15 is 0 Å². The van der Waals surface area contributed by atoms with Gasteiger partial charge in [-0.3, -0.25) is 9.89 Å². The van der Waals surface area contributed by atoms with Crippen molar-refractivity contribution in [2.24, 2.45) is 0 Å². The number of aryl methyl sites for hydroxylation is 2. The van der Waals surface area contributed by atoms with Gasteiger partial charge in [-0.2, -0.15) is 5.10 Å². The third-order valence-electron chi connectivity index (χ3n) is 3.48. The van der Waals surface area contributed by atoms with Gasteiger partial charge in [-0.05, 0) is 37.0 Å².